The molecule has 110 valence electrons. The average molecular weight is 281 g/mol. The summed E-state index contributed by atoms with van der Waals surface area (Å²) in [6.07, 6.45) is 0.650. The van der Waals surface area contributed by atoms with Crippen molar-refractivity contribution in [3.8, 4) is 0 Å². The Morgan fingerprint density at radius 2 is 1.62 bits per heavy atom. The molecule has 21 heavy (non-hydrogen) atoms. The summed E-state index contributed by atoms with van der Waals surface area (Å²) < 4.78 is 0. The molecule has 0 amide bonds. The number of hydrogen-bond donors (Lipinski definition) is 1. The van der Waals surface area contributed by atoms with Crippen LogP contribution in [0.4, 0.5) is 0 Å². The van der Waals surface area contributed by atoms with Crippen LogP contribution in [-0.2, 0) is 0 Å². The van der Waals surface area contributed by atoms with Crippen LogP contribution in [0.5, 0.6) is 0 Å². The van der Waals surface area contributed by atoms with Gasteiger partial charge in [-0.05, 0) is 37.1 Å². The van der Waals surface area contributed by atoms with Crippen molar-refractivity contribution in [3.63, 3.8) is 0 Å². The lowest BCUT2D eigenvalue weighted by molar-refractivity contribution is 0.0494. The van der Waals surface area contributed by atoms with Gasteiger partial charge in [0.05, 0.1) is 6.10 Å². The predicted molar refractivity (Wildman–Crippen MR) is 86.2 cm³/mol. The van der Waals surface area contributed by atoms with Crippen LogP contribution in [-0.4, -0.2) is 30.1 Å². The van der Waals surface area contributed by atoms with Crippen LogP contribution in [0.3, 0.4) is 0 Å². The standard InChI is InChI=1S/C19H23NO/c1-20-13-12-17(19(21)16-10-6-3-7-11-16)18(14-20)15-8-4-2-5-9-15/h2-11,17-19,21H,12-14H2,1H3. The van der Waals surface area contributed by atoms with Gasteiger partial charge >= 0.3 is 0 Å². The van der Waals surface area contributed by atoms with Crippen LogP contribution in [0.15, 0.2) is 60.7 Å². The molecular weight excluding hydrogens is 258 g/mol. The number of rotatable bonds is 3. The summed E-state index contributed by atoms with van der Waals surface area (Å²) in [7, 11) is 2.17. The molecule has 0 radical (unpaired) electrons. The van der Waals surface area contributed by atoms with Gasteiger partial charge in [0.25, 0.3) is 0 Å². The average Bonchev–Trinajstić information content (AvgIpc) is 2.56. The molecule has 0 aliphatic carbocycles. The molecule has 1 heterocycles. The lowest BCUT2D eigenvalue weighted by atomic mass is 9.76. The van der Waals surface area contributed by atoms with E-state index in [2.05, 4.69) is 42.3 Å². The van der Waals surface area contributed by atoms with Gasteiger partial charge in [0, 0.05) is 12.5 Å². The van der Waals surface area contributed by atoms with Gasteiger partial charge in [0.1, 0.15) is 0 Å². The van der Waals surface area contributed by atoms with E-state index in [4.69, 9.17) is 0 Å². The molecule has 1 aliphatic rings. The van der Waals surface area contributed by atoms with Crippen molar-refractivity contribution in [2.75, 3.05) is 20.1 Å². The fourth-order valence-corrected chi connectivity index (χ4v) is 3.46. The molecule has 3 atom stereocenters. The minimum Gasteiger partial charge on any atom is -0.388 e. The van der Waals surface area contributed by atoms with Crippen LogP contribution in [0.2, 0.25) is 0 Å². The first-order valence-electron chi connectivity index (χ1n) is 7.72. The quantitative estimate of drug-likeness (QED) is 0.931. The number of aliphatic hydroxyl groups excluding tert-OH is 1. The van der Waals surface area contributed by atoms with Gasteiger partial charge in [-0.3, -0.25) is 0 Å². The molecule has 1 saturated heterocycles. The van der Waals surface area contributed by atoms with Crippen molar-refractivity contribution in [1.29, 1.82) is 0 Å². The van der Waals surface area contributed by atoms with E-state index < -0.39 is 0 Å². The van der Waals surface area contributed by atoms with Gasteiger partial charge in [-0.15, -0.1) is 0 Å². The first kappa shape index (κ1) is 14.3. The van der Waals surface area contributed by atoms with E-state index in [9.17, 15) is 5.11 Å². The van der Waals surface area contributed by atoms with E-state index in [1.165, 1.54) is 5.56 Å². The highest BCUT2D eigenvalue weighted by atomic mass is 16.3. The molecule has 2 heteroatoms. The number of likely N-dealkylation sites (tertiary alicyclic amines) is 1. The number of piperidine rings is 1. The number of benzene rings is 2. The van der Waals surface area contributed by atoms with Crippen LogP contribution in [0.1, 0.15) is 29.6 Å². The third-order valence-electron chi connectivity index (χ3n) is 4.64. The lowest BCUT2D eigenvalue weighted by Gasteiger charge is -2.39. The number of hydrogen-bond acceptors (Lipinski definition) is 2. The molecule has 2 aromatic rings. The highest BCUT2D eigenvalue weighted by Crippen LogP contribution is 2.39. The Morgan fingerprint density at radius 1 is 1.00 bits per heavy atom. The van der Waals surface area contributed by atoms with Crippen molar-refractivity contribution in [3.05, 3.63) is 71.8 Å². The normalized spacial score (nSPS) is 24.7. The highest BCUT2D eigenvalue weighted by Gasteiger charge is 2.34. The number of nitrogens with zero attached hydrogens (tertiary/aromatic N) is 1. The van der Waals surface area contributed by atoms with Gasteiger partial charge in [-0.2, -0.15) is 0 Å². The van der Waals surface area contributed by atoms with Gasteiger partial charge in [-0.25, -0.2) is 0 Å². The predicted octanol–water partition coefficient (Wildman–Crippen LogP) is 3.46. The summed E-state index contributed by atoms with van der Waals surface area (Å²) in [6, 6.07) is 20.7. The van der Waals surface area contributed by atoms with Crippen molar-refractivity contribution in [2.45, 2.75) is 18.4 Å². The maximum Gasteiger partial charge on any atom is 0.0825 e. The van der Waals surface area contributed by atoms with Crippen molar-refractivity contribution in [1.82, 2.24) is 4.90 Å². The fraction of sp³-hybridized carbons (Fsp3) is 0.368. The van der Waals surface area contributed by atoms with Crippen LogP contribution >= 0.6 is 0 Å². The molecular formula is C19H23NO. The smallest absolute Gasteiger partial charge is 0.0825 e. The van der Waals surface area contributed by atoms with Crippen molar-refractivity contribution >= 4 is 0 Å². The second-order valence-corrected chi connectivity index (χ2v) is 6.09. The van der Waals surface area contributed by atoms with Gasteiger partial charge in [-0.1, -0.05) is 60.7 Å². The molecule has 1 fully saturated rings. The summed E-state index contributed by atoms with van der Waals surface area (Å²) in [5.74, 6) is 0.672. The summed E-state index contributed by atoms with van der Waals surface area (Å²) in [5, 5.41) is 10.8. The van der Waals surface area contributed by atoms with E-state index in [1.807, 2.05) is 30.3 Å². The second-order valence-electron chi connectivity index (χ2n) is 6.09. The summed E-state index contributed by atoms with van der Waals surface area (Å²) in [5.41, 5.74) is 2.37. The molecule has 3 unspecified atom stereocenters. The van der Waals surface area contributed by atoms with Crippen LogP contribution < -0.4 is 0 Å². The minimum absolute atomic E-state index is 0.283. The Labute approximate surface area is 127 Å². The molecule has 0 spiro atoms. The Hall–Kier alpha value is -1.64. The van der Waals surface area contributed by atoms with Gasteiger partial charge in [0.2, 0.25) is 0 Å². The Bertz CT molecular complexity index is 554. The van der Waals surface area contributed by atoms with Gasteiger partial charge in [0.15, 0.2) is 0 Å². The number of likely N-dealkylation sites (N-methyl/N-ethyl adjacent to an activating group) is 1. The van der Waals surface area contributed by atoms with Crippen LogP contribution in [0.25, 0.3) is 0 Å². The SMILES string of the molecule is CN1CCC(C(O)c2ccccc2)C(c2ccccc2)C1. The summed E-state index contributed by atoms with van der Waals surface area (Å²) in [6.45, 7) is 2.07. The molecule has 0 bridgehead atoms. The summed E-state index contributed by atoms with van der Waals surface area (Å²) >= 11 is 0. The van der Waals surface area contributed by atoms with Crippen LogP contribution in [0, 0.1) is 5.92 Å². The largest absolute Gasteiger partial charge is 0.388 e. The molecule has 3 rings (SSSR count). The van der Waals surface area contributed by atoms with E-state index >= 15 is 0 Å². The van der Waals surface area contributed by atoms with E-state index in [1.54, 1.807) is 0 Å². The minimum atomic E-state index is -0.384. The number of aliphatic hydroxyl groups is 1. The fourth-order valence-electron chi connectivity index (χ4n) is 3.46. The van der Waals surface area contributed by atoms with E-state index in [-0.39, 0.29) is 12.0 Å². The molecule has 2 nitrogen and oxygen atoms in total. The molecule has 2 aromatic carbocycles. The molecule has 1 N–H and O–H groups in total. The van der Waals surface area contributed by atoms with Crippen molar-refractivity contribution in [2.24, 2.45) is 5.92 Å². The Morgan fingerprint density at radius 3 is 2.29 bits per heavy atom. The van der Waals surface area contributed by atoms with E-state index in [0.29, 0.717) is 5.92 Å². The Kier molecular flexibility index (Phi) is 4.37. The van der Waals surface area contributed by atoms with Gasteiger partial charge < -0.3 is 10.0 Å². The van der Waals surface area contributed by atoms with E-state index in [0.717, 1.165) is 25.1 Å². The monoisotopic (exact) mass is 281 g/mol. The first-order valence-corrected chi connectivity index (χ1v) is 7.72. The second kappa shape index (κ2) is 6.42. The molecule has 1 aliphatic heterocycles. The maximum atomic E-state index is 10.8. The van der Waals surface area contributed by atoms with Crippen molar-refractivity contribution < 1.29 is 5.11 Å². The third-order valence-corrected chi connectivity index (χ3v) is 4.64. The third kappa shape index (κ3) is 3.17. The summed E-state index contributed by atoms with van der Waals surface area (Å²) in [4.78, 5) is 2.37. The Balaban J connectivity index is 1.88. The zero-order valence-corrected chi connectivity index (χ0v) is 12.5. The molecule has 0 saturated carbocycles. The maximum absolute atomic E-state index is 10.8. The first-order chi connectivity index (χ1) is 10.3. The molecule has 0 aromatic heterocycles. The highest BCUT2D eigenvalue weighted by molar-refractivity contribution is 5.25. The zero-order chi connectivity index (χ0) is 14.7. The lowest BCUT2D eigenvalue weighted by Crippen LogP contribution is -2.39. The topological polar surface area (TPSA) is 23.5 Å². The zero-order valence-electron chi connectivity index (χ0n) is 12.5.